The van der Waals surface area contributed by atoms with Crippen molar-refractivity contribution < 1.29 is 4.79 Å². The first-order chi connectivity index (χ1) is 11.0. The number of halogens is 2. The highest BCUT2D eigenvalue weighted by Gasteiger charge is 2.18. The Kier molecular flexibility index (Phi) is 6.71. The number of nitrogens with one attached hydrogen (secondary N) is 2. The number of anilines is 2. The SMILES string of the molecule is C=CCNc1nnc(SC(C)C(=O)Nc2ccc(Cl)cc2Cl)s1. The molecule has 0 bridgehead atoms. The monoisotopic (exact) mass is 388 g/mol. The number of amides is 1. The minimum atomic E-state index is -0.345. The number of hydrogen-bond donors (Lipinski definition) is 2. The van der Waals surface area contributed by atoms with Crippen molar-refractivity contribution in [3.63, 3.8) is 0 Å². The van der Waals surface area contributed by atoms with Gasteiger partial charge in [-0.15, -0.1) is 16.8 Å². The molecule has 5 nitrogen and oxygen atoms in total. The standard InChI is InChI=1S/C14H14Cl2N4OS2/c1-3-6-17-13-19-20-14(23-13)22-8(2)12(21)18-11-5-4-9(15)7-10(11)16/h3-5,7-8H,1,6H2,2H3,(H,17,19)(H,18,21). The van der Waals surface area contributed by atoms with E-state index in [2.05, 4.69) is 27.4 Å². The summed E-state index contributed by atoms with van der Waals surface area (Å²) in [5.41, 5.74) is 0.527. The third kappa shape index (κ3) is 5.39. The van der Waals surface area contributed by atoms with Crippen molar-refractivity contribution in [3.8, 4) is 0 Å². The van der Waals surface area contributed by atoms with Crippen molar-refractivity contribution in [1.82, 2.24) is 10.2 Å². The van der Waals surface area contributed by atoms with Crippen LogP contribution in [0, 0.1) is 0 Å². The zero-order valence-electron chi connectivity index (χ0n) is 12.2. The number of nitrogens with zero attached hydrogens (tertiary/aromatic N) is 2. The predicted octanol–water partition coefficient (Wildman–Crippen LogP) is 4.56. The van der Waals surface area contributed by atoms with Gasteiger partial charge >= 0.3 is 0 Å². The van der Waals surface area contributed by atoms with E-state index in [1.165, 1.54) is 23.1 Å². The predicted molar refractivity (Wildman–Crippen MR) is 99.0 cm³/mol. The Balaban J connectivity index is 1.94. The average molecular weight is 389 g/mol. The van der Waals surface area contributed by atoms with Gasteiger partial charge in [0, 0.05) is 11.6 Å². The van der Waals surface area contributed by atoms with Gasteiger partial charge in [0.15, 0.2) is 4.34 Å². The molecule has 1 amide bonds. The van der Waals surface area contributed by atoms with E-state index in [9.17, 15) is 4.79 Å². The number of carbonyl (C=O) groups excluding carboxylic acids is 1. The van der Waals surface area contributed by atoms with Gasteiger partial charge in [0.25, 0.3) is 0 Å². The lowest BCUT2D eigenvalue weighted by atomic mass is 10.3. The average Bonchev–Trinajstić information content (AvgIpc) is 2.95. The fourth-order valence-corrected chi connectivity index (χ4v) is 3.88. The molecule has 23 heavy (non-hydrogen) atoms. The maximum atomic E-state index is 12.2. The molecule has 0 radical (unpaired) electrons. The van der Waals surface area contributed by atoms with E-state index < -0.39 is 0 Å². The van der Waals surface area contributed by atoms with Crippen molar-refractivity contribution in [2.75, 3.05) is 17.2 Å². The van der Waals surface area contributed by atoms with Crippen molar-refractivity contribution in [2.24, 2.45) is 0 Å². The molecule has 2 rings (SSSR count). The van der Waals surface area contributed by atoms with Crippen LogP contribution in [0.3, 0.4) is 0 Å². The number of aromatic nitrogens is 2. The highest BCUT2D eigenvalue weighted by molar-refractivity contribution is 8.02. The first kappa shape index (κ1) is 18.1. The van der Waals surface area contributed by atoms with Crippen LogP contribution in [0.15, 0.2) is 35.2 Å². The Morgan fingerprint density at radius 2 is 2.26 bits per heavy atom. The van der Waals surface area contributed by atoms with E-state index in [1.54, 1.807) is 31.2 Å². The van der Waals surface area contributed by atoms with Crippen LogP contribution in [0.2, 0.25) is 10.0 Å². The van der Waals surface area contributed by atoms with Crippen LogP contribution in [0.25, 0.3) is 0 Å². The molecule has 9 heteroatoms. The first-order valence-corrected chi connectivity index (χ1v) is 9.05. The molecule has 2 N–H and O–H groups in total. The lowest BCUT2D eigenvalue weighted by Crippen LogP contribution is -2.22. The second kappa shape index (κ2) is 8.54. The van der Waals surface area contributed by atoms with Gasteiger partial charge in [0.2, 0.25) is 11.0 Å². The molecule has 1 heterocycles. The minimum absolute atomic E-state index is 0.171. The van der Waals surface area contributed by atoms with Gasteiger partial charge in [-0.3, -0.25) is 4.79 Å². The van der Waals surface area contributed by atoms with Gasteiger partial charge in [-0.1, -0.05) is 52.4 Å². The fourth-order valence-electron chi connectivity index (χ4n) is 1.52. The Hall–Kier alpha value is -1.28. The van der Waals surface area contributed by atoms with Gasteiger partial charge in [-0.05, 0) is 25.1 Å². The molecule has 122 valence electrons. The topological polar surface area (TPSA) is 66.9 Å². The van der Waals surface area contributed by atoms with Crippen LogP contribution in [-0.4, -0.2) is 27.9 Å². The summed E-state index contributed by atoms with van der Waals surface area (Å²) in [7, 11) is 0. The molecular formula is C14H14Cl2N4OS2. The van der Waals surface area contributed by atoms with E-state index >= 15 is 0 Å². The van der Waals surface area contributed by atoms with E-state index in [0.29, 0.717) is 31.7 Å². The molecular weight excluding hydrogens is 375 g/mol. The summed E-state index contributed by atoms with van der Waals surface area (Å²) in [5, 5.41) is 15.1. The summed E-state index contributed by atoms with van der Waals surface area (Å²) in [6.07, 6.45) is 1.74. The maximum Gasteiger partial charge on any atom is 0.237 e. The van der Waals surface area contributed by atoms with Gasteiger partial charge in [0.05, 0.1) is 16.0 Å². The number of thioether (sulfide) groups is 1. The van der Waals surface area contributed by atoms with Crippen molar-refractivity contribution in [1.29, 1.82) is 0 Å². The lowest BCUT2D eigenvalue weighted by molar-refractivity contribution is -0.115. The largest absolute Gasteiger partial charge is 0.357 e. The van der Waals surface area contributed by atoms with Crippen LogP contribution < -0.4 is 10.6 Å². The van der Waals surface area contributed by atoms with Gasteiger partial charge < -0.3 is 10.6 Å². The molecule has 2 aromatic rings. The van der Waals surface area contributed by atoms with E-state index in [4.69, 9.17) is 23.2 Å². The summed E-state index contributed by atoms with van der Waals surface area (Å²) in [6, 6.07) is 4.92. The molecule has 0 aliphatic carbocycles. The summed E-state index contributed by atoms with van der Waals surface area (Å²) >= 11 is 14.6. The van der Waals surface area contributed by atoms with Crippen molar-refractivity contribution >= 4 is 63.0 Å². The maximum absolute atomic E-state index is 12.2. The number of benzene rings is 1. The van der Waals surface area contributed by atoms with Gasteiger partial charge in [0.1, 0.15) is 0 Å². The molecule has 1 aromatic carbocycles. The highest BCUT2D eigenvalue weighted by Crippen LogP contribution is 2.30. The van der Waals surface area contributed by atoms with Crippen LogP contribution in [0.5, 0.6) is 0 Å². The second-order valence-electron chi connectivity index (χ2n) is 4.42. The Bertz CT molecular complexity index is 708. The normalized spacial score (nSPS) is 11.8. The first-order valence-electron chi connectivity index (χ1n) is 6.60. The Morgan fingerprint density at radius 3 is 2.96 bits per heavy atom. The summed E-state index contributed by atoms with van der Waals surface area (Å²) in [6.45, 7) is 6.03. The van der Waals surface area contributed by atoms with Gasteiger partial charge in [-0.25, -0.2) is 0 Å². The van der Waals surface area contributed by atoms with Crippen molar-refractivity contribution in [2.45, 2.75) is 16.5 Å². The molecule has 0 saturated heterocycles. The molecule has 1 aromatic heterocycles. The summed E-state index contributed by atoms with van der Waals surface area (Å²) in [4.78, 5) is 12.2. The number of hydrogen-bond acceptors (Lipinski definition) is 6. The number of rotatable bonds is 7. The van der Waals surface area contributed by atoms with E-state index in [-0.39, 0.29) is 11.2 Å². The van der Waals surface area contributed by atoms with Crippen LogP contribution >= 0.6 is 46.3 Å². The molecule has 0 aliphatic rings. The Labute approximate surface area is 152 Å². The third-order valence-corrected chi connectivity index (χ3v) is 5.25. The van der Waals surface area contributed by atoms with Gasteiger partial charge in [-0.2, -0.15) is 0 Å². The summed E-state index contributed by atoms with van der Waals surface area (Å²) in [5.74, 6) is -0.171. The molecule has 0 aliphatic heterocycles. The number of carbonyl (C=O) groups is 1. The van der Waals surface area contributed by atoms with Crippen LogP contribution in [0.1, 0.15) is 6.92 Å². The smallest absolute Gasteiger partial charge is 0.237 e. The minimum Gasteiger partial charge on any atom is -0.357 e. The van der Waals surface area contributed by atoms with E-state index in [1.807, 2.05) is 0 Å². The van der Waals surface area contributed by atoms with Crippen LogP contribution in [-0.2, 0) is 4.79 Å². The van der Waals surface area contributed by atoms with E-state index in [0.717, 1.165) is 0 Å². The molecule has 0 spiro atoms. The zero-order valence-corrected chi connectivity index (χ0v) is 15.3. The van der Waals surface area contributed by atoms with Crippen molar-refractivity contribution in [3.05, 3.63) is 40.9 Å². The fraction of sp³-hybridized carbons (Fsp3) is 0.214. The van der Waals surface area contributed by atoms with Crippen LogP contribution in [0.4, 0.5) is 10.8 Å². The Morgan fingerprint density at radius 1 is 1.48 bits per heavy atom. The molecule has 0 saturated carbocycles. The third-order valence-electron chi connectivity index (χ3n) is 2.64. The molecule has 0 fully saturated rings. The zero-order chi connectivity index (χ0) is 16.8. The highest BCUT2D eigenvalue weighted by atomic mass is 35.5. The molecule has 1 atom stereocenters. The lowest BCUT2D eigenvalue weighted by Gasteiger charge is -2.11. The summed E-state index contributed by atoms with van der Waals surface area (Å²) < 4.78 is 0.710. The molecule has 1 unspecified atom stereocenters. The second-order valence-corrected chi connectivity index (χ2v) is 7.83. The quantitative estimate of drug-likeness (QED) is 0.537.